The van der Waals surface area contributed by atoms with E-state index in [1.807, 2.05) is 0 Å². The van der Waals surface area contributed by atoms with Gasteiger partial charge in [-0.3, -0.25) is 0 Å². The maximum atomic E-state index is 10.9. The fourth-order valence-electron chi connectivity index (χ4n) is 0.971. The molecule has 0 amide bonds. The first-order valence-electron chi connectivity index (χ1n) is 3.22. The van der Waals surface area contributed by atoms with Gasteiger partial charge in [0.2, 0.25) is 10.0 Å². The summed E-state index contributed by atoms with van der Waals surface area (Å²) in [6.07, 6.45) is 0.433. The number of rotatable bonds is 1. The van der Waals surface area contributed by atoms with Gasteiger partial charge in [0.15, 0.2) is 0 Å². The van der Waals surface area contributed by atoms with Crippen LogP contribution in [0.2, 0.25) is 0 Å². The summed E-state index contributed by atoms with van der Waals surface area (Å²) < 4.78 is 23.0. The zero-order valence-corrected chi connectivity index (χ0v) is 7.13. The lowest BCUT2D eigenvalue weighted by Crippen LogP contribution is -2.28. The van der Waals surface area contributed by atoms with E-state index in [-0.39, 0.29) is 13.1 Å². The van der Waals surface area contributed by atoms with Crippen LogP contribution in [-0.4, -0.2) is 43.3 Å². The number of aliphatic hydroxyl groups is 1. The third kappa shape index (κ3) is 1.79. The van der Waals surface area contributed by atoms with Gasteiger partial charge in [0.05, 0.1) is 12.4 Å². The molecule has 0 aromatic heterocycles. The molecule has 11 heavy (non-hydrogen) atoms. The molecule has 0 saturated carbocycles. The molecule has 64 valence electrons. The maximum absolute atomic E-state index is 10.9. The van der Waals surface area contributed by atoms with Crippen molar-refractivity contribution in [2.75, 3.05) is 19.3 Å². The number of hydrogen-bond acceptors (Lipinski definition) is 3. The summed E-state index contributed by atoms with van der Waals surface area (Å²) >= 11 is 0. The van der Waals surface area contributed by atoms with Crippen LogP contribution in [0.5, 0.6) is 0 Å². The topological polar surface area (TPSA) is 57.6 Å². The molecule has 0 bridgehead atoms. The van der Waals surface area contributed by atoms with Crippen molar-refractivity contribution < 1.29 is 13.5 Å². The van der Waals surface area contributed by atoms with Crippen molar-refractivity contribution in [1.82, 2.24) is 4.31 Å². The van der Waals surface area contributed by atoms with Gasteiger partial charge < -0.3 is 5.11 Å². The lowest BCUT2D eigenvalue weighted by atomic mass is 10.2. The van der Waals surface area contributed by atoms with Crippen LogP contribution < -0.4 is 0 Å². The van der Waals surface area contributed by atoms with Crippen molar-refractivity contribution in [2.45, 2.75) is 6.10 Å². The van der Waals surface area contributed by atoms with Gasteiger partial charge in [-0.2, -0.15) is 4.31 Å². The van der Waals surface area contributed by atoms with Gasteiger partial charge >= 0.3 is 0 Å². The highest BCUT2D eigenvalue weighted by atomic mass is 32.2. The molecular weight excluding hydrogens is 166 g/mol. The number of β-amino-alcohol motifs (C(OH)–C–C–N with tert-alkyl or cyclic N) is 1. The minimum absolute atomic E-state index is 0.150. The first-order valence-corrected chi connectivity index (χ1v) is 5.07. The van der Waals surface area contributed by atoms with Gasteiger partial charge in [-0.1, -0.05) is 6.58 Å². The Morgan fingerprint density at radius 2 is 2.27 bits per heavy atom. The summed E-state index contributed by atoms with van der Waals surface area (Å²) in [5, 5.41) is 9.13. The molecule has 0 aromatic rings. The van der Waals surface area contributed by atoms with Crippen LogP contribution in [0.4, 0.5) is 0 Å². The molecule has 1 aliphatic heterocycles. The van der Waals surface area contributed by atoms with Crippen LogP contribution in [0.3, 0.4) is 0 Å². The van der Waals surface area contributed by atoms with E-state index < -0.39 is 16.1 Å². The van der Waals surface area contributed by atoms with Crippen molar-refractivity contribution in [3.8, 4) is 0 Å². The first-order chi connectivity index (χ1) is 4.91. The summed E-state index contributed by atoms with van der Waals surface area (Å²) in [6.45, 7) is 3.94. The smallest absolute Gasteiger partial charge is 0.211 e. The number of aliphatic hydroxyl groups excluding tert-OH is 1. The Hall–Kier alpha value is -0.390. The van der Waals surface area contributed by atoms with Crippen LogP contribution in [0.25, 0.3) is 0 Å². The van der Waals surface area contributed by atoms with Crippen molar-refractivity contribution in [2.24, 2.45) is 0 Å². The molecule has 1 N–H and O–H groups in total. The van der Waals surface area contributed by atoms with E-state index >= 15 is 0 Å². The summed E-state index contributed by atoms with van der Waals surface area (Å²) in [7, 11) is -3.16. The fourth-order valence-corrected chi connectivity index (χ4v) is 1.78. The van der Waals surface area contributed by atoms with Crippen LogP contribution in [0, 0.1) is 0 Å². The van der Waals surface area contributed by atoms with Gasteiger partial charge in [0.25, 0.3) is 0 Å². The lowest BCUT2D eigenvalue weighted by molar-refractivity contribution is 0.217. The van der Waals surface area contributed by atoms with Gasteiger partial charge in [0.1, 0.15) is 0 Å². The molecule has 0 aliphatic carbocycles. The summed E-state index contributed by atoms with van der Waals surface area (Å²) in [6, 6.07) is 0. The van der Waals surface area contributed by atoms with E-state index in [9.17, 15) is 8.42 Å². The molecule has 1 atom stereocenters. The van der Waals surface area contributed by atoms with Crippen molar-refractivity contribution in [1.29, 1.82) is 0 Å². The standard InChI is InChI=1S/C6H11NO3S/c1-5-3-7(4-6(5)8)11(2,9)10/h6,8H,1,3-4H2,2H3/t6-/m1/s1. The zero-order valence-electron chi connectivity index (χ0n) is 6.32. The molecule has 5 heteroatoms. The van der Waals surface area contributed by atoms with Crippen LogP contribution in [0.1, 0.15) is 0 Å². The Morgan fingerprint density at radius 3 is 2.45 bits per heavy atom. The second-order valence-electron chi connectivity index (χ2n) is 2.73. The molecule has 1 rings (SSSR count). The quantitative estimate of drug-likeness (QED) is 0.532. The second kappa shape index (κ2) is 2.58. The molecule has 4 nitrogen and oxygen atoms in total. The predicted octanol–water partition coefficient (Wildman–Crippen LogP) is -0.821. The molecule has 1 aliphatic rings. The molecule has 0 spiro atoms. The maximum Gasteiger partial charge on any atom is 0.211 e. The Kier molecular flexibility index (Phi) is 2.04. The van der Waals surface area contributed by atoms with Crippen LogP contribution >= 0.6 is 0 Å². The highest BCUT2D eigenvalue weighted by Crippen LogP contribution is 2.16. The van der Waals surface area contributed by atoms with E-state index in [1.54, 1.807) is 0 Å². The molecule has 1 heterocycles. The average Bonchev–Trinajstić information content (AvgIpc) is 2.11. The zero-order chi connectivity index (χ0) is 8.65. The second-order valence-corrected chi connectivity index (χ2v) is 4.71. The SMILES string of the molecule is C=C1CN(S(C)(=O)=O)C[C@H]1O. The highest BCUT2D eigenvalue weighted by molar-refractivity contribution is 7.88. The van der Waals surface area contributed by atoms with E-state index in [0.29, 0.717) is 5.57 Å². The number of hydrogen-bond donors (Lipinski definition) is 1. The summed E-state index contributed by atoms with van der Waals surface area (Å²) in [5.74, 6) is 0. The number of sulfonamides is 1. The molecular formula is C6H11NO3S. The van der Waals surface area contributed by atoms with Crippen molar-refractivity contribution in [3.63, 3.8) is 0 Å². The third-order valence-electron chi connectivity index (χ3n) is 1.70. The molecule has 0 aromatic carbocycles. The van der Waals surface area contributed by atoms with E-state index in [4.69, 9.17) is 5.11 Å². The summed E-state index contributed by atoms with van der Waals surface area (Å²) in [4.78, 5) is 0. The largest absolute Gasteiger partial charge is 0.387 e. The van der Waals surface area contributed by atoms with E-state index in [1.165, 1.54) is 4.31 Å². The third-order valence-corrected chi connectivity index (χ3v) is 2.91. The van der Waals surface area contributed by atoms with Crippen molar-refractivity contribution >= 4 is 10.0 Å². The Bertz CT molecular complexity index is 270. The lowest BCUT2D eigenvalue weighted by Gasteiger charge is -2.09. The average molecular weight is 177 g/mol. The molecule has 0 radical (unpaired) electrons. The first kappa shape index (κ1) is 8.70. The minimum atomic E-state index is -3.16. The van der Waals surface area contributed by atoms with E-state index in [0.717, 1.165) is 6.26 Å². The van der Waals surface area contributed by atoms with Gasteiger partial charge in [-0.25, -0.2) is 8.42 Å². The number of nitrogens with zero attached hydrogens (tertiary/aromatic N) is 1. The molecule has 1 fully saturated rings. The van der Waals surface area contributed by atoms with Crippen molar-refractivity contribution in [3.05, 3.63) is 12.2 Å². The van der Waals surface area contributed by atoms with Gasteiger partial charge in [-0.05, 0) is 5.57 Å². The normalized spacial score (nSPS) is 27.8. The highest BCUT2D eigenvalue weighted by Gasteiger charge is 2.29. The predicted molar refractivity (Wildman–Crippen MR) is 41.6 cm³/mol. The van der Waals surface area contributed by atoms with Gasteiger partial charge in [0, 0.05) is 13.1 Å². The Balaban J connectivity index is 2.77. The van der Waals surface area contributed by atoms with E-state index in [2.05, 4.69) is 6.58 Å². The Morgan fingerprint density at radius 1 is 1.73 bits per heavy atom. The van der Waals surface area contributed by atoms with Crippen LogP contribution in [-0.2, 0) is 10.0 Å². The molecule has 1 saturated heterocycles. The fraction of sp³-hybridized carbons (Fsp3) is 0.667. The van der Waals surface area contributed by atoms with Crippen LogP contribution in [0.15, 0.2) is 12.2 Å². The monoisotopic (exact) mass is 177 g/mol. The minimum Gasteiger partial charge on any atom is -0.387 e. The summed E-state index contributed by atoms with van der Waals surface area (Å²) in [5.41, 5.74) is 0.565. The Labute approximate surface area is 66.2 Å². The molecule has 0 unspecified atom stereocenters. The van der Waals surface area contributed by atoms with Gasteiger partial charge in [-0.15, -0.1) is 0 Å².